The summed E-state index contributed by atoms with van der Waals surface area (Å²) in [5.41, 5.74) is 3.42. The topological polar surface area (TPSA) is 88.2 Å². The van der Waals surface area contributed by atoms with Gasteiger partial charge in [0, 0.05) is 21.8 Å². The standard InChI is InChI=1S/C26H27N3O3S/c1-26(2,3)20-14-17(8-7-11-24(30)31)15-23(25(20)32)29-27-21-13-12-19(16-22(21)28-29)33-18-9-5-4-6-10-18/h4-6,9-10,12-16,32H,7-8,11H2,1-3H3,(H,30,31). The van der Waals surface area contributed by atoms with Gasteiger partial charge in [0.2, 0.25) is 0 Å². The molecule has 1 aromatic heterocycles. The summed E-state index contributed by atoms with van der Waals surface area (Å²) in [4.78, 5) is 14.6. The van der Waals surface area contributed by atoms with Crippen LogP contribution in [0.2, 0.25) is 0 Å². The molecule has 0 fully saturated rings. The number of carboxylic acids is 1. The maximum absolute atomic E-state index is 11.1. The van der Waals surface area contributed by atoms with E-state index in [1.165, 1.54) is 4.80 Å². The van der Waals surface area contributed by atoms with Crippen LogP contribution in [-0.2, 0) is 16.6 Å². The molecule has 2 N–H and O–H groups in total. The molecule has 0 bridgehead atoms. The lowest BCUT2D eigenvalue weighted by Gasteiger charge is -2.23. The number of aromatic hydroxyl groups is 1. The number of phenols is 1. The highest BCUT2D eigenvalue weighted by atomic mass is 32.2. The van der Waals surface area contributed by atoms with E-state index in [-0.39, 0.29) is 17.6 Å². The molecule has 0 spiro atoms. The second kappa shape index (κ2) is 9.27. The van der Waals surface area contributed by atoms with Gasteiger partial charge in [0.1, 0.15) is 22.5 Å². The summed E-state index contributed by atoms with van der Waals surface area (Å²) < 4.78 is 0. The van der Waals surface area contributed by atoms with Crippen LogP contribution in [0.4, 0.5) is 0 Å². The van der Waals surface area contributed by atoms with Gasteiger partial charge in [-0.2, -0.15) is 0 Å². The van der Waals surface area contributed by atoms with E-state index in [1.54, 1.807) is 11.8 Å². The number of carboxylic acid groups (broad SMARTS) is 1. The molecule has 0 amide bonds. The lowest BCUT2D eigenvalue weighted by molar-refractivity contribution is -0.137. The van der Waals surface area contributed by atoms with Gasteiger partial charge in [0.15, 0.2) is 0 Å². The molecular weight excluding hydrogens is 434 g/mol. The van der Waals surface area contributed by atoms with Gasteiger partial charge in [-0.1, -0.05) is 56.8 Å². The number of aryl methyl sites for hydroxylation is 1. The van der Waals surface area contributed by atoms with Gasteiger partial charge in [0.25, 0.3) is 0 Å². The van der Waals surface area contributed by atoms with Gasteiger partial charge < -0.3 is 10.2 Å². The Morgan fingerprint density at radius 1 is 0.970 bits per heavy atom. The van der Waals surface area contributed by atoms with Gasteiger partial charge in [-0.15, -0.1) is 15.0 Å². The number of aromatic nitrogens is 3. The zero-order valence-electron chi connectivity index (χ0n) is 18.9. The van der Waals surface area contributed by atoms with E-state index in [4.69, 9.17) is 5.11 Å². The molecule has 0 aliphatic rings. The fourth-order valence-electron chi connectivity index (χ4n) is 3.68. The molecule has 0 aliphatic carbocycles. The van der Waals surface area contributed by atoms with E-state index in [0.717, 1.165) is 32.0 Å². The molecule has 0 saturated heterocycles. The molecule has 4 rings (SSSR count). The van der Waals surface area contributed by atoms with Crippen molar-refractivity contribution in [2.45, 2.75) is 55.2 Å². The lowest BCUT2D eigenvalue weighted by atomic mass is 9.84. The Morgan fingerprint density at radius 2 is 1.70 bits per heavy atom. The Balaban J connectivity index is 1.71. The largest absolute Gasteiger partial charge is 0.505 e. The van der Waals surface area contributed by atoms with E-state index in [2.05, 4.69) is 22.3 Å². The van der Waals surface area contributed by atoms with Gasteiger partial charge in [-0.3, -0.25) is 4.79 Å². The third-order valence-corrected chi connectivity index (χ3v) is 6.36. The Bertz CT molecular complexity index is 1290. The van der Waals surface area contributed by atoms with Gasteiger partial charge in [0.05, 0.1) is 0 Å². The number of hydrogen-bond donors (Lipinski definition) is 2. The first-order valence-corrected chi connectivity index (χ1v) is 11.7. The molecule has 0 radical (unpaired) electrons. The maximum atomic E-state index is 11.1. The Hall–Kier alpha value is -3.32. The molecule has 1 heterocycles. The summed E-state index contributed by atoms with van der Waals surface area (Å²) in [5, 5.41) is 29.3. The summed E-state index contributed by atoms with van der Waals surface area (Å²) in [7, 11) is 0. The number of carbonyl (C=O) groups is 1. The third kappa shape index (κ3) is 5.37. The predicted molar refractivity (Wildman–Crippen MR) is 130 cm³/mol. The third-order valence-electron chi connectivity index (χ3n) is 5.36. The first-order chi connectivity index (χ1) is 15.7. The van der Waals surface area contributed by atoms with Crippen molar-refractivity contribution >= 4 is 28.8 Å². The van der Waals surface area contributed by atoms with E-state index in [9.17, 15) is 9.90 Å². The minimum absolute atomic E-state index is 0.104. The normalized spacial score (nSPS) is 11.7. The van der Waals surface area contributed by atoms with Crippen LogP contribution in [-0.4, -0.2) is 31.2 Å². The summed E-state index contributed by atoms with van der Waals surface area (Å²) in [6, 6.07) is 19.9. The van der Waals surface area contributed by atoms with E-state index < -0.39 is 5.97 Å². The Labute approximate surface area is 197 Å². The molecule has 0 saturated carbocycles. The minimum atomic E-state index is -0.811. The van der Waals surface area contributed by atoms with Crippen molar-refractivity contribution in [3.8, 4) is 11.4 Å². The van der Waals surface area contributed by atoms with Gasteiger partial charge in [-0.05, 0) is 60.2 Å². The SMILES string of the molecule is CC(C)(C)c1cc(CCCC(=O)O)cc(-n2nc3ccc(Sc4ccccc4)cc3n2)c1O. The van der Waals surface area contributed by atoms with Crippen LogP contribution in [0.5, 0.6) is 5.75 Å². The minimum Gasteiger partial charge on any atom is -0.505 e. The van der Waals surface area contributed by atoms with Crippen LogP contribution in [0.25, 0.3) is 16.7 Å². The summed E-state index contributed by atoms with van der Waals surface area (Å²) >= 11 is 1.66. The number of benzene rings is 3. The van der Waals surface area contributed by atoms with E-state index in [0.29, 0.717) is 18.5 Å². The Morgan fingerprint density at radius 3 is 2.39 bits per heavy atom. The molecule has 33 heavy (non-hydrogen) atoms. The summed E-state index contributed by atoms with van der Waals surface area (Å²) in [6.07, 6.45) is 1.23. The molecule has 0 unspecified atom stereocenters. The lowest BCUT2D eigenvalue weighted by Crippen LogP contribution is -2.14. The number of rotatable bonds is 7. The van der Waals surface area contributed by atoms with Gasteiger partial charge >= 0.3 is 5.97 Å². The highest BCUT2D eigenvalue weighted by Gasteiger charge is 2.23. The van der Waals surface area contributed by atoms with Crippen molar-refractivity contribution < 1.29 is 15.0 Å². The van der Waals surface area contributed by atoms with Crippen LogP contribution in [0.1, 0.15) is 44.7 Å². The van der Waals surface area contributed by atoms with Crippen molar-refractivity contribution in [2.24, 2.45) is 0 Å². The van der Waals surface area contributed by atoms with Crippen molar-refractivity contribution in [1.82, 2.24) is 15.0 Å². The number of phenolic OH excluding ortho intramolecular Hbond substituents is 1. The maximum Gasteiger partial charge on any atom is 0.303 e. The number of nitrogens with zero attached hydrogens (tertiary/aromatic N) is 3. The van der Waals surface area contributed by atoms with Crippen molar-refractivity contribution in [2.75, 3.05) is 0 Å². The molecule has 6 nitrogen and oxygen atoms in total. The zero-order chi connectivity index (χ0) is 23.6. The van der Waals surface area contributed by atoms with Crippen molar-refractivity contribution in [3.05, 3.63) is 71.8 Å². The number of aliphatic carboxylic acids is 1. The van der Waals surface area contributed by atoms with Crippen molar-refractivity contribution in [3.63, 3.8) is 0 Å². The smallest absolute Gasteiger partial charge is 0.303 e. The molecule has 0 atom stereocenters. The number of fused-ring (bicyclic) bond motifs is 1. The molecule has 170 valence electrons. The molecule has 0 aliphatic heterocycles. The monoisotopic (exact) mass is 461 g/mol. The first-order valence-electron chi connectivity index (χ1n) is 10.9. The fraction of sp³-hybridized carbons (Fsp3) is 0.269. The first kappa shape index (κ1) is 22.9. The molecule has 4 aromatic rings. The van der Waals surface area contributed by atoms with Crippen LogP contribution in [0.3, 0.4) is 0 Å². The van der Waals surface area contributed by atoms with Crippen LogP contribution < -0.4 is 0 Å². The highest BCUT2D eigenvalue weighted by Crippen LogP contribution is 2.37. The van der Waals surface area contributed by atoms with Crippen LogP contribution in [0.15, 0.2) is 70.5 Å². The molecule has 3 aromatic carbocycles. The molecule has 7 heteroatoms. The number of hydrogen-bond acceptors (Lipinski definition) is 5. The van der Waals surface area contributed by atoms with Crippen LogP contribution in [0, 0.1) is 0 Å². The van der Waals surface area contributed by atoms with Crippen LogP contribution >= 0.6 is 11.8 Å². The zero-order valence-corrected chi connectivity index (χ0v) is 19.8. The average molecular weight is 462 g/mol. The second-order valence-electron chi connectivity index (χ2n) is 9.06. The van der Waals surface area contributed by atoms with E-state index in [1.807, 2.05) is 69.3 Å². The van der Waals surface area contributed by atoms with Gasteiger partial charge in [-0.25, -0.2) is 0 Å². The highest BCUT2D eigenvalue weighted by molar-refractivity contribution is 7.99. The summed E-state index contributed by atoms with van der Waals surface area (Å²) in [5.74, 6) is -0.669. The predicted octanol–water partition coefficient (Wildman–Crippen LogP) is 5.98. The fourth-order valence-corrected chi connectivity index (χ4v) is 4.55. The summed E-state index contributed by atoms with van der Waals surface area (Å²) in [6.45, 7) is 6.10. The molecular formula is C26H27N3O3S. The second-order valence-corrected chi connectivity index (χ2v) is 10.2. The van der Waals surface area contributed by atoms with E-state index >= 15 is 0 Å². The quantitative estimate of drug-likeness (QED) is 0.352. The Kier molecular flexibility index (Phi) is 6.42. The average Bonchev–Trinajstić information content (AvgIpc) is 3.17. The van der Waals surface area contributed by atoms with Crippen molar-refractivity contribution in [1.29, 1.82) is 0 Å².